The molecule has 35 heavy (non-hydrogen) atoms. The smallest absolute Gasteiger partial charge is 0.338 e. The Kier molecular flexibility index (Phi) is 6.70. The Bertz CT molecular complexity index is 1410. The van der Waals surface area contributed by atoms with Crippen LogP contribution < -0.4 is 10.2 Å². The van der Waals surface area contributed by atoms with Crippen LogP contribution in [0.2, 0.25) is 0 Å². The van der Waals surface area contributed by atoms with E-state index in [2.05, 4.69) is 24.1 Å². The van der Waals surface area contributed by atoms with E-state index < -0.39 is 34.1 Å². The molecule has 3 aromatic rings. The minimum atomic E-state index is -3.99. The zero-order chi connectivity index (χ0) is 25.2. The van der Waals surface area contributed by atoms with Gasteiger partial charge in [-0.05, 0) is 68.4 Å². The Balaban J connectivity index is 1.43. The van der Waals surface area contributed by atoms with Gasteiger partial charge in [-0.15, -0.1) is 0 Å². The van der Waals surface area contributed by atoms with E-state index in [-0.39, 0.29) is 26.5 Å². The summed E-state index contributed by atoms with van der Waals surface area (Å²) < 4.78 is 31.1. The lowest BCUT2D eigenvalue weighted by molar-refractivity contribution is -0.119. The van der Waals surface area contributed by atoms with Crippen LogP contribution in [0.15, 0.2) is 76.5 Å². The number of rotatable bonds is 7. The Hall–Kier alpha value is -3.98. The molecule has 1 aliphatic heterocycles. The number of esters is 1. The van der Waals surface area contributed by atoms with Gasteiger partial charge in [-0.2, -0.15) is 0 Å². The van der Waals surface area contributed by atoms with Gasteiger partial charge in [0, 0.05) is 35.6 Å². The van der Waals surface area contributed by atoms with Crippen molar-refractivity contribution < 1.29 is 27.5 Å². The maximum Gasteiger partial charge on any atom is 0.338 e. The molecule has 0 aliphatic carbocycles. The molecule has 1 N–H and O–H groups in total. The summed E-state index contributed by atoms with van der Waals surface area (Å²) in [5, 5.41) is 2.66. The Morgan fingerprint density at radius 2 is 1.54 bits per heavy atom. The summed E-state index contributed by atoms with van der Waals surface area (Å²) in [5.41, 5.74) is 1.60. The summed E-state index contributed by atoms with van der Waals surface area (Å²) in [6.07, 6.45) is 0. The first-order chi connectivity index (χ1) is 16.8. The van der Waals surface area contributed by atoms with Crippen molar-refractivity contribution in [3.05, 3.63) is 83.4 Å². The van der Waals surface area contributed by atoms with Crippen molar-refractivity contribution >= 4 is 38.9 Å². The quantitative estimate of drug-likeness (QED) is 0.392. The number of nitrogens with zero attached hydrogens (tertiary/aromatic N) is 1. The minimum absolute atomic E-state index is 0.00819. The number of ketones is 1. The molecule has 1 heterocycles. The fourth-order valence-electron chi connectivity index (χ4n) is 3.97. The molecule has 4 rings (SSSR count). The van der Waals surface area contributed by atoms with E-state index in [0.29, 0.717) is 5.69 Å². The van der Waals surface area contributed by atoms with Crippen LogP contribution in [0.3, 0.4) is 0 Å². The van der Waals surface area contributed by atoms with Gasteiger partial charge in [-0.25, -0.2) is 13.2 Å². The van der Waals surface area contributed by atoms with E-state index in [0.717, 1.165) is 24.8 Å². The number of ether oxygens (including phenoxy) is 1. The summed E-state index contributed by atoms with van der Waals surface area (Å²) in [6, 6.07) is 17.0. The van der Waals surface area contributed by atoms with E-state index in [1.807, 2.05) is 12.1 Å². The molecule has 3 aromatic carbocycles. The van der Waals surface area contributed by atoms with E-state index in [1.54, 1.807) is 18.2 Å². The van der Waals surface area contributed by atoms with Gasteiger partial charge < -0.3 is 15.0 Å². The average molecular weight is 493 g/mol. The number of carbonyl (C=O) groups is 3. The van der Waals surface area contributed by atoms with Crippen molar-refractivity contribution in [2.75, 3.05) is 29.9 Å². The molecule has 0 fully saturated rings. The second-order valence-electron chi connectivity index (χ2n) is 7.88. The van der Waals surface area contributed by atoms with Gasteiger partial charge in [0.1, 0.15) is 0 Å². The van der Waals surface area contributed by atoms with Crippen molar-refractivity contribution in [2.24, 2.45) is 0 Å². The van der Waals surface area contributed by atoms with Crippen molar-refractivity contribution in [3.8, 4) is 0 Å². The standard InChI is InChI=1S/C26H24N2O6S/c1-3-28(4-2)19-12-10-18(11-13-19)27-24(29)16-34-26(31)17-9-14-21-23(15-17)35(32,33)22-8-6-5-7-20(22)25(21)30/h5-15H,3-4,16H2,1-2H3,(H,27,29). The molecule has 0 spiro atoms. The lowest BCUT2D eigenvalue weighted by atomic mass is 10.0. The first-order valence-electron chi connectivity index (χ1n) is 11.1. The summed E-state index contributed by atoms with van der Waals surface area (Å²) >= 11 is 0. The number of benzene rings is 3. The molecule has 0 saturated heterocycles. The van der Waals surface area contributed by atoms with Crippen LogP contribution in [-0.2, 0) is 19.4 Å². The van der Waals surface area contributed by atoms with Gasteiger partial charge in [-0.1, -0.05) is 12.1 Å². The highest BCUT2D eigenvalue weighted by Gasteiger charge is 2.35. The topological polar surface area (TPSA) is 110 Å². The van der Waals surface area contributed by atoms with Crippen molar-refractivity contribution in [2.45, 2.75) is 23.6 Å². The van der Waals surface area contributed by atoms with E-state index in [9.17, 15) is 22.8 Å². The van der Waals surface area contributed by atoms with Crippen LogP contribution >= 0.6 is 0 Å². The van der Waals surface area contributed by atoms with Gasteiger partial charge in [-0.3, -0.25) is 9.59 Å². The van der Waals surface area contributed by atoms with Crippen LogP contribution in [0.25, 0.3) is 0 Å². The van der Waals surface area contributed by atoms with E-state index in [1.165, 1.54) is 30.3 Å². The molecule has 0 saturated carbocycles. The largest absolute Gasteiger partial charge is 0.452 e. The van der Waals surface area contributed by atoms with Crippen molar-refractivity contribution in [1.82, 2.24) is 0 Å². The van der Waals surface area contributed by atoms with Crippen LogP contribution in [-0.4, -0.2) is 45.8 Å². The molecular weight excluding hydrogens is 468 g/mol. The Morgan fingerprint density at radius 3 is 2.23 bits per heavy atom. The summed E-state index contributed by atoms with van der Waals surface area (Å²) in [4.78, 5) is 39.3. The molecule has 0 unspecified atom stereocenters. The van der Waals surface area contributed by atoms with Gasteiger partial charge >= 0.3 is 5.97 Å². The second kappa shape index (κ2) is 9.71. The van der Waals surface area contributed by atoms with Crippen molar-refractivity contribution in [1.29, 1.82) is 0 Å². The number of sulfone groups is 1. The second-order valence-corrected chi connectivity index (χ2v) is 9.77. The number of nitrogens with one attached hydrogen (secondary N) is 1. The molecule has 1 amide bonds. The first kappa shape index (κ1) is 24.2. The van der Waals surface area contributed by atoms with Gasteiger partial charge in [0.15, 0.2) is 12.4 Å². The maximum absolute atomic E-state index is 13.0. The molecule has 0 radical (unpaired) electrons. The molecule has 8 nitrogen and oxygen atoms in total. The molecule has 0 aromatic heterocycles. The summed E-state index contributed by atoms with van der Waals surface area (Å²) in [6.45, 7) is 5.29. The molecule has 180 valence electrons. The van der Waals surface area contributed by atoms with E-state index >= 15 is 0 Å². The van der Waals surface area contributed by atoms with Crippen LogP contribution in [0.5, 0.6) is 0 Å². The molecule has 0 atom stereocenters. The lowest BCUT2D eigenvalue weighted by Crippen LogP contribution is -2.23. The lowest BCUT2D eigenvalue weighted by Gasteiger charge is -2.21. The molecule has 1 aliphatic rings. The summed E-state index contributed by atoms with van der Waals surface area (Å²) in [5.74, 6) is -1.85. The average Bonchev–Trinajstić information content (AvgIpc) is 2.87. The predicted molar refractivity (Wildman–Crippen MR) is 131 cm³/mol. The Labute approximate surface area is 203 Å². The fraction of sp³-hybridized carbons (Fsp3) is 0.192. The molecular formula is C26H24N2O6S. The third kappa shape index (κ3) is 4.67. The SMILES string of the molecule is CCN(CC)c1ccc(NC(=O)COC(=O)c2ccc3c(c2)S(=O)(=O)c2ccccc2C3=O)cc1. The monoisotopic (exact) mass is 492 g/mol. The van der Waals surface area contributed by atoms with Gasteiger partial charge in [0.2, 0.25) is 9.84 Å². The Morgan fingerprint density at radius 1 is 0.886 bits per heavy atom. The molecule has 0 bridgehead atoms. The fourth-order valence-corrected chi connectivity index (χ4v) is 5.64. The van der Waals surface area contributed by atoms with Gasteiger partial charge in [0.05, 0.1) is 15.4 Å². The highest BCUT2D eigenvalue weighted by atomic mass is 32.2. The number of hydrogen-bond acceptors (Lipinski definition) is 7. The van der Waals surface area contributed by atoms with E-state index in [4.69, 9.17) is 4.74 Å². The van der Waals surface area contributed by atoms with Crippen LogP contribution in [0.1, 0.15) is 40.1 Å². The number of amides is 1. The molecule has 9 heteroatoms. The third-order valence-electron chi connectivity index (χ3n) is 5.79. The summed E-state index contributed by atoms with van der Waals surface area (Å²) in [7, 11) is -3.99. The zero-order valence-electron chi connectivity index (χ0n) is 19.3. The number of carbonyl (C=O) groups excluding carboxylic acids is 3. The van der Waals surface area contributed by atoms with Gasteiger partial charge in [0.25, 0.3) is 5.91 Å². The minimum Gasteiger partial charge on any atom is -0.452 e. The highest BCUT2D eigenvalue weighted by molar-refractivity contribution is 7.91. The normalized spacial score (nSPS) is 13.4. The van der Waals surface area contributed by atoms with Crippen molar-refractivity contribution in [3.63, 3.8) is 0 Å². The number of hydrogen-bond donors (Lipinski definition) is 1. The maximum atomic E-state index is 13.0. The van der Waals surface area contributed by atoms with Crippen LogP contribution in [0, 0.1) is 0 Å². The number of anilines is 2. The number of fused-ring (bicyclic) bond motifs is 2. The zero-order valence-corrected chi connectivity index (χ0v) is 20.1. The van der Waals surface area contributed by atoms with Crippen LogP contribution in [0.4, 0.5) is 11.4 Å². The first-order valence-corrected chi connectivity index (χ1v) is 12.6. The highest BCUT2D eigenvalue weighted by Crippen LogP contribution is 2.34. The third-order valence-corrected chi connectivity index (χ3v) is 7.64. The predicted octanol–water partition coefficient (Wildman–Crippen LogP) is 3.71.